The van der Waals surface area contributed by atoms with Crippen molar-refractivity contribution >= 4 is 12.2 Å². The topological polar surface area (TPSA) is 0 Å². The van der Waals surface area contributed by atoms with E-state index in [1.54, 1.807) is 0 Å². The lowest BCUT2D eigenvalue weighted by atomic mass is 9.74. The fourth-order valence-electron chi connectivity index (χ4n) is 6.26. The first-order valence-electron chi connectivity index (χ1n) is 14.3. The summed E-state index contributed by atoms with van der Waals surface area (Å²) in [6, 6.07) is 9.56. The van der Waals surface area contributed by atoms with Crippen molar-refractivity contribution < 1.29 is 0 Å². The molecule has 0 bridgehead atoms. The molecule has 2 aliphatic rings. The van der Waals surface area contributed by atoms with Gasteiger partial charge in [0.2, 0.25) is 0 Å². The average Bonchev–Trinajstić information content (AvgIpc) is 3.34. The quantitative estimate of drug-likeness (QED) is 0.396. The van der Waals surface area contributed by atoms with E-state index in [1.165, 1.54) is 62.8 Å². The first kappa shape index (κ1) is 27.9. The van der Waals surface area contributed by atoms with Gasteiger partial charge in [0.05, 0.1) is 0 Å². The number of allylic oxidation sites excluding steroid dienone is 2. The molecule has 0 atom stereocenters. The zero-order valence-electron chi connectivity index (χ0n) is 25.7. The van der Waals surface area contributed by atoms with Crippen molar-refractivity contribution in [3.63, 3.8) is 0 Å². The molecule has 2 radical (unpaired) electrons. The first-order valence-corrected chi connectivity index (χ1v) is 14.3. The summed E-state index contributed by atoms with van der Waals surface area (Å²) in [5, 5.41) is 0. The Labute approximate surface area is 228 Å². The molecule has 0 saturated carbocycles. The van der Waals surface area contributed by atoms with Gasteiger partial charge in [-0.15, -0.1) is 0 Å². The Hall–Kier alpha value is -2.08. The van der Waals surface area contributed by atoms with Crippen LogP contribution in [0.15, 0.2) is 36.4 Å². The van der Waals surface area contributed by atoms with E-state index in [0.29, 0.717) is 0 Å². The van der Waals surface area contributed by atoms with E-state index >= 15 is 0 Å². The van der Waals surface area contributed by atoms with Crippen LogP contribution in [0, 0.1) is 11.8 Å². The highest BCUT2D eigenvalue weighted by Gasteiger charge is 2.33. The van der Waals surface area contributed by atoms with E-state index in [-0.39, 0.29) is 21.7 Å². The van der Waals surface area contributed by atoms with Crippen molar-refractivity contribution in [1.82, 2.24) is 0 Å². The molecular weight excluding hydrogens is 444 g/mol. The second-order valence-electron chi connectivity index (χ2n) is 15.5. The highest BCUT2D eigenvalue weighted by Crippen LogP contribution is 2.47. The number of rotatable bonds is 4. The van der Waals surface area contributed by atoms with Crippen LogP contribution in [0.5, 0.6) is 0 Å². The van der Waals surface area contributed by atoms with Crippen LogP contribution >= 0.6 is 0 Å². The maximum Gasteiger partial charge on any atom is 0.0276 e. The molecule has 0 aromatic heterocycles. The minimum Gasteiger partial charge on any atom is -0.0721 e. The van der Waals surface area contributed by atoms with Crippen molar-refractivity contribution in [1.29, 1.82) is 0 Å². The van der Waals surface area contributed by atoms with E-state index in [0.717, 1.165) is 12.8 Å². The molecule has 37 heavy (non-hydrogen) atoms. The number of benzene rings is 2. The summed E-state index contributed by atoms with van der Waals surface area (Å²) >= 11 is 0. The van der Waals surface area contributed by atoms with Gasteiger partial charge in [0.25, 0.3) is 0 Å². The molecule has 198 valence electrons. The predicted octanol–water partition coefficient (Wildman–Crippen LogP) is 10.6. The minimum absolute atomic E-state index is 0.130. The molecule has 4 rings (SSSR count). The Bertz CT molecular complexity index is 1120. The first-order chi connectivity index (χ1) is 16.9. The lowest BCUT2D eigenvalue weighted by molar-refractivity contribution is 0.569. The predicted molar refractivity (Wildman–Crippen MR) is 164 cm³/mol. The summed E-state index contributed by atoms with van der Waals surface area (Å²) in [6.07, 6.45) is 13.0. The van der Waals surface area contributed by atoms with Crippen LogP contribution in [-0.2, 0) is 21.7 Å². The fourth-order valence-corrected chi connectivity index (χ4v) is 6.26. The molecule has 2 aromatic rings. The fraction of sp³-hybridized carbons (Fsp3) is 0.514. The van der Waals surface area contributed by atoms with Crippen LogP contribution in [0.25, 0.3) is 12.2 Å². The summed E-state index contributed by atoms with van der Waals surface area (Å²) in [6.45, 7) is 28.1. The molecule has 0 aliphatic heterocycles. The maximum absolute atomic E-state index is 2.41. The second kappa shape index (κ2) is 9.29. The molecule has 0 N–H and O–H groups in total. The van der Waals surface area contributed by atoms with Crippen molar-refractivity contribution in [3.05, 3.63) is 92.8 Å². The van der Waals surface area contributed by atoms with Gasteiger partial charge in [-0.3, -0.25) is 0 Å². The van der Waals surface area contributed by atoms with Gasteiger partial charge >= 0.3 is 0 Å². The third-order valence-corrected chi connectivity index (χ3v) is 8.16. The van der Waals surface area contributed by atoms with E-state index in [2.05, 4.69) is 132 Å². The number of hydrogen-bond donors (Lipinski definition) is 0. The second-order valence-corrected chi connectivity index (χ2v) is 15.5. The van der Waals surface area contributed by atoms with Crippen LogP contribution < -0.4 is 0 Å². The Kier molecular flexibility index (Phi) is 7.01. The Morgan fingerprint density at radius 2 is 0.703 bits per heavy atom. The largest absolute Gasteiger partial charge is 0.0721 e. The van der Waals surface area contributed by atoms with Gasteiger partial charge in [-0.2, -0.15) is 0 Å². The monoisotopic (exact) mass is 494 g/mol. The third kappa shape index (κ3) is 5.41. The molecule has 0 saturated heterocycles. The van der Waals surface area contributed by atoms with Gasteiger partial charge in [-0.1, -0.05) is 138 Å². The molecule has 0 heteroatoms. The number of fused-ring (bicyclic) bond motifs is 2. The summed E-state index contributed by atoms with van der Waals surface area (Å²) < 4.78 is 0. The van der Waals surface area contributed by atoms with Crippen molar-refractivity contribution in [2.24, 2.45) is 0 Å². The molecule has 0 fully saturated rings. The zero-order valence-corrected chi connectivity index (χ0v) is 25.7. The van der Waals surface area contributed by atoms with Crippen LogP contribution in [0.2, 0.25) is 0 Å². The van der Waals surface area contributed by atoms with E-state index in [4.69, 9.17) is 0 Å². The maximum atomic E-state index is 2.41. The lowest BCUT2D eigenvalue weighted by Crippen LogP contribution is -2.20. The molecule has 0 heterocycles. The molecular formula is C37H50. The van der Waals surface area contributed by atoms with Gasteiger partial charge in [0, 0.05) is 11.8 Å². The normalized spacial score (nSPS) is 16.5. The highest BCUT2D eigenvalue weighted by molar-refractivity contribution is 5.76. The molecule has 0 nitrogen and oxygen atoms in total. The summed E-state index contributed by atoms with van der Waals surface area (Å²) in [4.78, 5) is 0. The van der Waals surface area contributed by atoms with Gasteiger partial charge in [0.1, 0.15) is 0 Å². The zero-order chi connectivity index (χ0) is 27.6. The lowest BCUT2D eigenvalue weighted by Gasteiger charge is -2.30. The summed E-state index contributed by atoms with van der Waals surface area (Å²) in [7, 11) is 0. The highest BCUT2D eigenvalue weighted by atomic mass is 14.4. The summed E-state index contributed by atoms with van der Waals surface area (Å²) in [5.74, 6) is 3.04. The Balaban J connectivity index is 1.61. The molecule has 0 unspecified atom stereocenters. The minimum atomic E-state index is 0.130. The van der Waals surface area contributed by atoms with Gasteiger partial charge in [-0.25, -0.2) is 0 Å². The SMILES string of the molecule is CC(C)(C)c1ccc(C(C)(C)C)c2c1C=C[C]2CCC[C]1C=Cc2c(C(C)(C)C)ccc(C(C)(C)C)c21. The number of hydrogen-bond acceptors (Lipinski definition) is 0. The molecule has 0 spiro atoms. The third-order valence-electron chi connectivity index (χ3n) is 8.16. The van der Waals surface area contributed by atoms with Crippen molar-refractivity contribution in [2.45, 2.75) is 124 Å². The van der Waals surface area contributed by atoms with Crippen LogP contribution in [-0.4, -0.2) is 0 Å². The van der Waals surface area contributed by atoms with Gasteiger partial charge in [-0.05, 0) is 79.0 Å². The smallest absolute Gasteiger partial charge is 0.0276 e. The summed E-state index contributed by atoms with van der Waals surface area (Å²) in [5.41, 5.74) is 12.4. The van der Waals surface area contributed by atoms with E-state index < -0.39 is 0 Å². The van der Waals surface area contributed by atoms with Crippen LogP contribution in [0.1, 0.15) is 147 Å². The molecule has 2 aromatic carbocycles. The van der Waals surface area contributed by atoms with Gasteiger partial charge in [0.15, 0.2) is 0 Å². The van der Waals surface area contributed by atoms with Gasteiger partial charge < -0.3 is 0 Å². The standard InChI is InChI=1S/C37H50/c1-34(2,3)28-20-22-30(36(7,8)9)32-24(16-18-26(28)32)14-13-15-25-17-19-27-29(35(4,5)6)21-23-31(33(25)27)37(10,11)12/h16-23H,13-15H2,1-12H3. The molecule has 0 amide bonds. The Morgan fingerprint density at radius 3 is 1.00 bits per heavy atom. The van der Waals surface area contributed by atoms with E-state index in [1.807, 2.05) is 0 Å². The average molecular weight is 495 g/mol. The van der Waals surface area contributed by atoms with Crippen molar-refractivity contribution in [2.75, 3.05) is 0 Å². The Morgan fingerprint density at radius 1 is 0.405 bits per heavy atom. The van der Waals surface area contributed by atoms with Crippen LogP contribution in [0.4, 0.5) is 0 Å². The van der Waals surface area contributed by atoms with Crippen molar-refractivity contribution in [3.8, 4) is 0 Å². The van der Waals surface area contributed by atoms with Crippen LogP contribution in [0.3, 0.4) is 0 Å². The molecule has 2 aliphatic carbocycles. The van der Waals surface area contributed by atoms with E-state index in [9.17, 15) is 0 Å².